The minimum absolute atomic E-state index is 0.137. The van der Waals surface area contributed by atoms with Gasteiger partial charge in [-0.1, -0.05) is 43.2 Å². The summed E-state index contributed by atoms with van der Waals surface area (Å²) >= 11 is 0. The Kier molecular flexibility index (Phi) is 3.97. The molecule has 16 heavy (non-hydrogen) atoms. The van der Waals surface area contributed by atoms with Gasteiger partial charge in [0.25, 0.3) is 0 Å². The number of benzene rings is 1. The van der Waals surface area contributed by atoms with E-state index >= 15 is 0 Å². The summed E-state index contributed by atoms with van der Waals surface area (Å²) in [6.45, 7) is 0.933. The fourth-order valence-electron chi connectivity index (χ4n) is 2.59. The van der Waals surface area contributed by atoms with Gasteiger partial charge in [-0.25, -0.2) is 0 Å². The highest BCUT2D eigenvalue weighted by molar-refractivity contribution is 5.14. The van der Waals surface area contributed by atoms with E-state index in [9.17, 15) is 5.11 Å². The van der Waals surface area contributed by atoms with Crippen molar-refractivity contribution in [3.05, 3.63) is 35.9 Å². The highest BCUT2D eigenvalue weighted by atomic mass is 16.3. The van der Waals surface area contributed by atoms with Crippen molar-refractivity contribution in [3.63, 3.8) is 0 Å². The van der Waals surface area contributed by atoms with E-state index in [0.29, 0.717) is 6.04 Å². The lowest BCUT2D eigenvalue weighted by atomic mass is 9.91. The molecule has 0 unspecified atom stereocenters. The van der Waals surface area contributed by atoms with Gasteiger partial charge in [0.05, 0.1) is 6.10 Å². The smallest absolute Gasteiger partial charge is 0.0695 e. The van der Waals surface area contributed by atoms with Crippen LogP contribution in [0, 0.1) is 0 Å². The summed E-state index contributed by atoms with van der Waals surface area (Å²) < 4.78 is 0. The summed E-state index contributed by atoms with van der Waals surface area (Å²) in [7, 11) is 2.12. The van der Waals surface area contributed by atoms with Crippen molar-refractivity contribution in [1.29, 1.82) is 0 Å². The van der Waals surface area contributed by atoms with Crippen LogP contribution in [0.3, 0.4) is 0 Å². The monoisotopic (exact) mass is 219 g/mol. The number of nitrogens with zero attached hydrogens (tertiary/aromatic N) is 1. The van der Waals surface area contributed by atoms with Gasteiger partial charge in [-0.3, -0.25) is 4.90 Å². The van der Waals surface area contributed by atoms with Crippen molar-refractivity contribution in [2.45, 2.75) is 44.4 Å². The second-order valence-electron chi connectivity index (χ2n) is 4.82. The summed E-state index contributed by atoms with van der Waals surface area (Å²) in [5.74, 6) is 0. The largest absolute Gasteiger partial charge is 0.391 e. The molecule has 0 spiro atoms. The zero-order valence-corrected chi connectivity index (χ0v) is 9.97. The van der Waals surface area contributed by atoms with Crippen LogP contribution in [0.4, 0.5) is 0 Å². The third kappa shape index (κ3) is 2.83. The zero-order chi connectivity index (χ0) is 11.4. The molecule has 1 aliphatic carbocycles. The third-order valence-electron chi connectivity index (χ3n) is 3.53. The fourth-order valence-corrected chi connectivity index (χ4v) is 2.59. The second kappa shape index (κ2) is 5.46. The normalized spacial score (nSPS) is 25.9. The highest BCUT2D eigenvalue weighted by Gasteiger charge is 2.26. The van der Waals surface area contributed by atoms with Crippen LogP contribution in [0.1, 0.15) is 31.2 Å². The Bertz CT molecular complexity index is 312. The number of hydrogen-bond donors (Lipinski definition) is 1. The van der Waals surface area contributed by atoms with Crippen molar-refractivity contribution in [1.82, 2.24) is 4.90 Å². The maximum Gasteiger partial charge on any atom is 0.0695 e. The summed E-state index contributed by atoms with van der Waals surface area (Å²) in [5, 5.41) is 9.98. The Labute approximate surface area is 97.9 Å². The topological polar surface area (TPSA) is 23.5 Å². The predicted molar refractivity (Wildman–Crippen MR) is 66.2 cm³/mol. The maximum absolute atomic E-state index is 9.98. The summed E-state index contributed by atoms with van der Waals surface area (Å²) in [6.07, 6.45) is 4.38. The zero-order valence-electron chi connectivity index (χ0n) is 9.97. The molecular formula is C14H21NO. The van der Waals surface area contributed by atoms with Crippen LogP contribution >= 0.6 is 0 Å². The molecule has 2 rings (SSSR count). The van der Waals surface area contributed by atoms with Crippen LogP contribution in [0.15, 0.2) is 30.3 Å². The molecule has 1 aliphatic rings. The number of rotatable bonds is 3. The van der Waals surface area contributed by atoms with E-state index in [2.05, 4.69) is 36.2 Å². The van der Waals surface area contributed by atoms with Gasteiger partial charge >= 0.3 is 0 Å². The van der Waals surface area contributed by atoms with Crippen molar-refractivity contribution in [3.8, 4) is 0 Å². The Morgan fingerprint density at radius 1 is 1.19 bits per heavy atom. The van der Waals surface area contributed by atoms with Crippen LogP contribution in [-0.2, 0) is 6.54 Å². The molecule has 1 aromatic carbocycles. The van der Waals surface area contributed by atoms with Crippen LogP contribution in [-0.4, -0.2) is 29.2 Å². The number of aliphatic hydroxyl groups is 1. The van der Waals surface area contributed by atoms with E-state index in [0.717, 1.165) is 19.4 Å². The first-order chi connectivity index (χ1) is 7.77. The third-order valence-corrected chi connectivity index (χ3v) is 3.53. The van der Waals surface area contributed by atoms with Gasteiger partial charge in [0.2, 0.25) is 0 Å². The van der Waals surface area contributed by atoms with Crippen molar-refractivity contribution in [2.75, 3.05) is 7.05 Å². The Hall–Kier alpha value is -0.860. The van der Waals surface area contributed by atoms with Gasteiger partial charge < -0.3 is 5.11 Å². The first kappa shape index (κ1) is 11.6. The molecule has 2 atom stereocenters. The van der Waals surface area contributed by atoms with Gasteiger partial charge in [0.15, 0.2) is 0 Å². The van der Waals surface area contributed by atoms with Gasteiger partial charge in [0, 0.05) is 12.6 Å². The quantitative estimate of drug-likeness (QED) is 0.844. The first-order valence-electron chi connectivity index (χ1n) is 6.19. The second-order valence-corrected chi connectivity index (χ2v) is 4.82. The van der Waals surface area contributed by atoms with Gasteiger partial charge in [-0.2, -0.15) is 0 Å². The SMILES string of the molecule is CN(Cc1ccccc1)[C@@H]1CCCC[C@H]1O. The van der Waals surface area contributed by atoms with E-state index in [1.54, 1.807) is 0 Å². The molecule has 0 saturated heterocycles. The lowest BCUT2D eigenvalue weighted by Crippen LogP contribution is -2.42. The summed E-state index contributed by atoms with van der Waals surface area (Å²) in [4.78, 5) is 2.29. The minimum Gasteiger partial charge on any atom is -0.391 e. The van der Waals surface area contributed by atoms with Gasteiger partial charge in [0.1, 0.15) is 0 Å². The van der Waals surface area contributed by atoms with Crippen molar-refractivity contribution >= 4 is 0 Å². The van der Waals surface area contributed by atoms with Gasteiger partial charge in [-0.05, 0) is 25.5 Å². The molecule has 88 valence electrons. The molecule has 0 heterocycles. The van der Waals surface area contributed by atoms with E-state index in [1.165, 1.54) is 18.4 Å². The highest BCUT2D eigenvalue weighted by Crippen LogP contribution is 2.23. The Morgan fingerprint density at radius 2 is 1.88 bits per heavy atom. The number of likely N-dealkylation sites (N-methyl/N-ethyl adjacent to an activating group) is 1. The molecule has 0 bridgehead atoms. The summed E-state index contributed by atoms with van der Waals surface area (Å²) in [5.41, 5.74) is 1.32. The maximum atomic E-state index is 9.98. The van der Waals surface area contributed by atoms with E-state index < -0.39 is 0 Å². The first-order valence-corrected chi connectivity index (χ1v) is 6.19. The molecule has 1 saturated carbocycles. The van der Waals surface area contributed by atoms with Crippen molar-refractivity contribution < 1.29 is 5.11 Å². The molecule has 2 heteroatoms. The summed E-state index contributed by atoms with van der Waals surface area (Å²) in [6, 6.07) is 10.8. The van der Waals surface area contributed by atoms with Crippen LogP contribution < -0.4 is 0 Å². The van der Waals surface area contributed by atoms with Crippen molar-refractivity contribution in [2.24, 2.45) is 0 Å². The van der Waals surface area contributed by atoms with E-state index in [1.807, 2.05) is 6.07 Å². The average molecular weight is 219 g/mol. The van der Waals surface area contributed by atoms with E-state index in [-0.39, 0.29) is 6.10 Å². The average Bonchev–Trinajstić information content (AvgIpc) is 2.31. The Balaban J connectivity index is 1.94. The molecule has 0 radical (unpaired) electrons. The molecule has 0 aliphatic heterocycles. The predicted octanol–water partition coefficient (Wildman–Crippen LogP) is 2.42. The lowest BCUT2D eigenvalue weighted by Gasteiger charge is -2.35. The van der Waals surface area contributed by atoms with E-state index in [4.69, 9.17) is 0 Å². The number of hydrogen-bond acceptors (Lipinski definition) is 2. The standard InChI is InChI=1S/C14H21NO/c1-15(11-12-7-3-2-4-8-12)13-9-5-6-10-14(13)16/h2-4,7-8,13-14,16H,5-6,9-11H2,1H3/t13-,14-/m1/s1. The Morgan fingerprint density at radius 3 is 2.56 bits per heavy atom. The fraction of sp³-hybridized carbons (Fsp3) is 0.571. The van der Waals surface area contributed by atoms with Crippen LogP contribution in [0.25, 0.3) is 0 Å². The molecule has 1 fully saturated rings. The molecule has 1 aromatic rings. The number of aliphatic hydroxyl groups excluding tert-OH is 1. The molecule has 1 N–H and O–H groups in total. The molecular weight excluding hydrogens is 198 g/mol. The molecule has 0 amide bonds. The molecule has 0 aromatic heterocycles. The lowest BCUT2D eigenvalue weighted by molar-refractivity contribution is 0.0288. The minimum atomic E-state index is -0.137. The van der Waals surface area contributed by atoms with Crippen LogP contribution in [0.5, 0.6) is 0 Å². The van der Waals surface area contributed by atoms with Gasteiger partial charge in [-0.15, -0.1) is 0 Å². The molecule has 2 nitrogen and oxygen atoms in total. The van der Waals surface area contributed by atoms with Crippen LogP contribution in [0.2, 0.25) is 0 Å².